The van der Waals surface area contributed by atoms with Crippen molar-refractivity contribution in [1.82, 2.24) is 4.90 Å². The van der Waals surface area contributed by atoms with Gasteiger partial charge >= 0.3 is 0 Å². The lowest BCUT2D eigenvalue weighted by Gasteiger charge is -2.22. The molecular formula is C13H21NO2. The maximum Gasteiger partial charge on any atom is 0.118 e. The molecule has 0 amide bonds. The summed E-state index contributed by atoms with van der Waals surface area (Å²) in [5.41, 5.74) is 0. The second-order valence-electron chi connectivity index (χ2n) is 4.97. The van der Waals surface area contributed by atoms with E-state index in [0.29, 0.717) is 5.92 Å². The van der Waals surface area contributed by atoms with Gasteiger partial charge in [-0.3, -0.25) is 4.90 Å². The predicted molar refractivity (Wildman–Crippen MR) is 63.1 cm³/mol. The van der Waals surface area contributed by atoms with Gasteiger partial charge in [-0.1, -0.05) is 6.42 Å². The molecule has 16 heavy (non-hydrogen) atoms. The molecule has 2 atom stereocenters. The number of aryl methyl sites for hydroxylation is 1. The quantitative estimate of drug-likeness (QED) is 0.850. The van der Waals surface area contributed by atoms with Crippen LogP contribution in [0.1, 0.15) is 30.8 Å². The minimum absolute atomic E-state index is 0.0965. The molecule has 0 aromatic carbocycles. The lowest BCUT2D eigenvalue weighted by atomic mass is 10.1. The lowest BCUT2D eigenvalue weighted by molar-refractivity contribution is 0.106. The molecule has 0 radical (unpaired) electrons. The second-order valence-corrected chi connectivity index (χ2v) is 4.97. The summed E-state index contributed by atoms with van der Waals surface area (Å²) in [6.07, 6.45) is 3.20. The zero-order valence-electron chi connectivity index (χ0n) is 10.1. The van der Waals surface area contributed by atoms with Gasteiger partial charge in [-0.05, 0) is 44.9 Å². The third-order valence-electron chi connectivity index (χ3n) is 3.39. The van der Waals surface area contributed by atoms with Crippen LogP contribution in [-0.4, -0.2) is 29.7 Å². The monoisotopic (exact) mass is 223 g/mol. The Morgan fingerprint density at radius 3 is 2.81 bits per heavy atom. The number of rotatable bonds is 4. The van der Waals surface area contributed by atoms with Crippen molar-refractivity contribution >= 4 is 0 Å². The van der Waals surface area contributed by atoms with E-state index in [0.717, 1.165) is 37.5 Å². The van der Waals surface area contributed by atoms with E-state index in [9.17, 15) is 5.11 Å². The summed E-state index contributed by atoms with van der Waals surface area (Å²) in [6, 6.07) is 4.02. The van der Waals surface area contributed by atoms with Crippen LogP contribution in [-0.2, 0) is 6.54 Å². The summed E-state index contributed by atoms with van der Waals surface area (Å²) in [5.74, 6) is 2.41. The zero-order chi connectivity index (χ0) is 11.5. The van der Waals surface area contributed by atoms with Gasteiger partial charge in [0.2, 0.25) is 0 Å². The van der Waals surface area contributed by atoms with E-state index in [1.54, 1.807) is 0 Å². The minimum atomic E-state index is -0.0965. The van der Waals surface area contributed by atoms with Crippen LogP contribution in [0, 0.1) is 12.8 Å². The van der Waals surface area contributed by atoms with Gasteiger partial charge in [0, 0.05) is 6.54 Å². The maximum atomic E-state index is 9.76. The Morgan fingerprint density at radius 2 is 2.25 bits per heavy atom. The number of hydrogen-bond acceptors (Lipinski definition) is 3. The van der Waals surface area contributed by atoms with Crippen LogP contribution in [0.5, 0.6) is 0 Å². The molecule has 3 heteroatoms. The molecule has 1 aromatic rings. The van der Waals surface area contributed by atoms with E-state index >= 15 is 0 Å². The van der Waals surface area contributed by atoms with Crippen molar-refractivity contribution in [2.45, 2.75) is 38.8 Å². The van der Waals surface area contributed by atoms with E-state index in [2.05, 4.69) is 11.9 Å². The first-order valence-corrected chi connectivity index (χ1v) is 6.07. The maximum absolute atomic E-state index is 9.76. The Balaban J connectivity index is 1.82. The molecule has 90 valence electrons. The van der Waals surface area contributed by atoms with Crippen molar-refractivity contribution in [2.24, 2.45) is 5.92 Å². The van der Waals surface area contributed by atoms with Crippen molar-refractivity contribution in [3.8, 4) is 0 Å². The highest BCUT2D eigenvalue weighted by molar-refractivity contribution is 5.05. The molecule has 2 rings (SSSR count). The zero-order valence-corrected chi connectivity index (χ0v) is 10.1. The highest BCUT2D eigenvalue weighted by Gasteiger charge is 2.26. The molecule has 0 aliphatic heterocycles. The molecule has 1 N–H and O–H groups in total. The first kappa shape index (κ1) is 11.7. The SMILES string of the molecule is Cc1ccc(CN(C)CC2CCCC2O)o1. The molecule has 1 fully saturated rings. The molecule has 1 aliphatic rings. The highest BCUT2D eigenvalue weighted by Crippen LogP contribution is 2.26. The third kappa shape index (κ3) is 2.86. The van der Waals surface area contributed by atoms with E-state index in [1.165, 1.54) is 6.42 Å². The minimum Gasteiger partial charge on any atom is -0.465 e. The standard InChI is InChI=1S/C13H21NO2/c1-10-6-7-12(16-10)9-14(2)8-11-4-3-5-13(11)15/h6-7,11,13,15H,3-5,8-9H2,1-2H3. The Morgan fingerprint density at radius 1 is 1.44 bits per heavy atom. The fourth-order valence-corrected chi connectivity index (χ4v) is 2.53. The van der Waals surface area contributed by atoms with Crippen LogP contribution in [0.25, 0.3) is 0 Å². The van der Waals surface area contributed by atoms with E-state index in [1.807, 2.05) is 19.1 Å². The Kier molecular flexibility index (Phi) is 3.66. The fraction of sp³-hybridized carbons (Fsp3) is 0.692. The summed E-state index contributed by atoms with van der Waals surface area (Å²) >= 11 is 0. The summed E-state index contributed by atoms with van der Waals surface area (Å²) in [4.78, 5) is 2.23. The predicted octanol–water partition coefficient (Wildman–Crippen LogP) is 2.18. The van der Waals surface area contributed by atoms with E-state index in [-0.39, 0.29) is 6.10 Å². The summed E-state index contributed by atoms with van der Waals surface area (Å²) in [7, 11) is 2.09. The Labute approximate surface area is 97.1 Å². The van der Waals surface area contributed by atoms with Crippen LogP contribution in [0.15, 0.2) is 16.5 Å². The number of hydrogen-bond donors (Lipinski definition) is 1. The van der Waals surface area contributed by atoms with Gasteiger partial charge in [0.15, 0.2) is 0 Å². The van der Waals surface area contributed by atoms with Gasteiger partial charge in [-0.15, -0.1) is 0 Å². The highest BCUT2D eigenvalue weighted by atomic mass is 16.3. The summed E-state index contributed by atoms with van der Waals surface area (Å²) < 4.78 is 5.54. The Bertz CT molecular complexity index is 334. The molecule has 1 aromatic heterocycles. The second kappa shape index (κ2) is 5.02. The molecule has 1 heterocycles. The molecule has 3 nitrogen and oxygen atoms in total. The van der Waals surface area contributed by atoms with Gasteiger partial charge in [-0.25, -0.2) is 0 Å². The average Bonchev–Trinajstić information content (AvgIpc) is 2.77. The first-order valence-electron chi connectivity index (χ1n) is 6.07. The molecule has 0 spiro atoms. The van der Waals surface area contributed by atoms with Crippen molar-refractivity contribution < 1.29 is 9.52 Å². The van der Waals surface area contributed by atoms with Gasteiger partial charge in [0.25, 0.3) is 0 Å². The van der Waals surface area contributed by atoms with Crippen LogP contribution in [0.2, 0.25) is 0 Å². The van der Waals surface area contributed by atoms with Crippen molar-refractivity contribution in [1.29, 1.82) is 0 Å². The lowest BCUT2D eigenvalue weighted by Crippen LogP contribution is -2.29. The van der Waals surface area contributed by atoms with Crippen molar-refractivity contribution in [2.75, 3.05) is 13.6 Å². The Hall–Kier alpha value is -0.800. The molecule has 2 unspecified atom stereocenters. The number of aliphatic hydroxyl groups is 1. The summed E-state index contributed by atoms with van der Waals surface area (Å²) in [5, 5.41) is 9.76. The smallest absolute Gasteiger partial charge is 0.118 e. The summed E-state index contributed by atoms with van der Waals surface area (Å²) in [6.45, 7) is 3.75. The van der Waals surface area contributed by atoms with E-state index in [4.69, 9.17) is 4.42 Å². The van der Waals surface area contributed by atoms with Crippen LogP contribution >= 0.6 is 0 Å². The molecule has 1 saturated carbocycles. The number of nitrogens with zero attached hydrogens (tertiary/aromatic N) is 1. The van der Waals surface area contributed by atoms with Crippen LogP contribution < -0.4 is 0 Å². The normalized spacial score (nSPS) is 25.5. The van der Waals surface area contributed by atoms with Crippen LogP contribution in [0.3, 0.4) is 0 Å². The first-order chi connectivity index (χ1) is 7.65. The van der Waals surface area contributed by atoms with Gasteiger partial charge in [-0.2, -0.15) is 0 Å². The molecule has 0 bridgehead atoms. The average molecular weight is 223 g/mol. The molecular weight excluding hydrogens is 202 g/mol. The van der Waals surface area contributed by atoms with Gasteiger partial charge in [0.1, 0.15) is 11.5 Å². The van der Waals surface area contributed by atoms with Gasteiger partial charge in [0.05, 0.1) is 12.6 Å². The van der Waals surface area contributed by atoms with Gasteiger partial charge < -0.3 is 9.52 Å². The molecule has 0 saturated heterocycles. The number of furan rings is 1. The third-order valence-corrected chi connectivity index (χ3v) is 3.39. The van der Waals surface area contributed by atoms with E-state index < -0.39 is 0 Å². The van der Waals surface area contributed by atoms with Crippen molar-refractivity contribution in [3.63, 3.8) is 0 Å². The molecule has 1 aliphatic carbocycles. The van der Waals surface area contributed by atoms with Crippen LogP contribution in [0.4, 0.5) is 0 Å². The number of aliphatic hydroxyl groups excluding tert-OH is 1. The largest absolute Gasteiger partial charge is 0.465 e. The fourth-order valence-electron chi connectivity index (χ4n) is 2.53. The van der Waals surface area contributed by atoms with Crippen molar-refractivity contribution in [3.05, 3.63) is 23.7 Å². The topological polar surface area (TPSA) is 36.6 Å².